The van der Waals surface area contributed by atoms with E-state index >= 15 is 0 Å². The number of pyridine rings is 1. The van der Waals surface area contributed by atoms with E-state index in [0.717, 1.165) is 11.1 Å². The number of fused-ring (bicyclic) bond motifs is 1. The number of esters is 1. The molecule has 5 aromatic rings. The number of nitrogens with zero attached hydrogens (tertiary/aromatic N) is 3. The van der Waals surface area contributed by atoms with Gasteiger partial charge in [-0.05, 0) is 61.5 Å². The van der Waals surface area contributed by atoms with Crippen LogP contribution in [0.4, 0.5) is 9.52 Å². The summed E-state index contributed by atoms with van der Waals surface area (Å²) in [5.41, 5.74) is 3.78. The molecule has 174 valence electrons. The first-order valence-electron chi connectivity index (χ1n) is 10.6. The molecular weight excluding hydrogens is 469 g/mol. The van der Waals surface area contributed by atoms with Gasteiger partial charge < -0.3 is 9.72 Å². The highest BCUT2D eigenvalue weighted by molar-refractivity contribution is 7.14. The number of benzene rings is 2. The number of halogens is 1. The molecule has 2 aromatic carbocycles. The fourth-order valence-electron chi connectivity index (χ4n) is 3.35. The number of carbonyl (C=O) groups is 2. The fraction of sp³-hybridized carbons (Fsp3) is 0.0800. The zero-order valence-electron chi connectivity index (χ0n) is 18.4. The van der Waals surface area contributed by atoms with Crippen LogP contribution >= 0.6 is 11.3 Å². The average Bonchev–Trinajstić information content (AvgIpc) is 3.51. The molecule has 5 rings (SSSR count). The van der Waals surface area contributed by atoms with E-state index in [1.165, 1.54) is 30.4 Å². The Labute approximate surface area is 202 Å². The van der Waals surface area contributed by atoms with Gasteiger partial charge in [-0.1, -0.05) is 0 Å². The lowest BCUT2D eigenvalue weighted by Gasteiger charge is -2.12. The Morgan fingerprint density at radius 2 is 1.91 bits per heavy atom. The molecule has 0 aliphatic rings. The van der Waals surface area contributed by atoms with Gasteiger partial charge in [0, 0.05) is 28.9 Å². The molecule has 2 N–H and O–H groups in total. The third kappa shape index (κ3) is 4.92. The lowest BCUT2D eigenvalue weighted by Crippen LogP contribution is -2.29. The van der Waals surface area contributed by atoms with Crippen LogP contribution in [-0.4, -0.2) is 37.9 Å². The van der Waals surface area contributed by atoms with Crippen molar-refractivity contribution in [3.8, 4) is 22.6 Å². The van der Waals surface area contributed by atoms with Crippen molar-refractivity contribution in [2.45, 2.75) is 13.0 Å². The van der Waals surface area contributed by atoms with Crippen molar-refractivity contribution in [2.24, 2.45) is 0 Å². The Balaban J connectivity index is 1.24. The third-order valence-corrected chi connectivity index (χ3v) is 5.94. The van der Waals surface area contributed by atoms with Crippen LogP contribution in [0.5, 0.6) is 0 Å². The second kappa shape index (κ2) is 9.43. The van der Waals surface area contributed by atoms with Crippen LogP contribution in [-0.2, 0) is 9.53 Å². The molecular formula is C25H18FN5O3S. The van der Waals surface area contributed by atoms with Crippen LogP contribution < -0.4 is 5.32 Å². The van der Waals surface area contributed by atoms with E-state index in [1.54, 1.807) is 48.1 Å². The Hall–Kier alpha value is -4.44. The zero-order chi connectivity index (χ0) is 24.4. The number of thiazole rings is 1. The third-order valence-electron chi connectivity index (χ3n) is 5.18. The Kier molecular flexibility index (Phi) is 6.02. The summed E-state index contributed by atoms with van der Waals surface area (Å²) in [5.74, 6) is -0.860. The number of ether oxygens (including phenoxy) is 1. The van der Waals surface area contributed by atoms with Gasteiger partial charge in [0.1, 0.15) is 11.6 Å². The first-order chi connectivity index (χ1) is 17.0. The first kappa shape index (κ1) is 22.4. The van der Waals surface area contributed by atoms with Gasteiger partial charge in [-0.2, -0.15) is 0 Å². The molecule has 0 aliphatic carbocycles. The molecule has 1 atom stereocenters. The van der Waals surface area contributed by atoms with Gasteiger partial charge in [0.25, 0.3) is 5.91 Å². The average molecular weight is 488 g/mol. The summed E-state index contributed by atoms with van der Waals surface area (Å²) in [6.07, 6.45) is 2.32. The van der Waals surface area contributed by atoms with Crippen LogP contribution in [0.25, 0.3) is 33.7 Å². The number of hydrogen-bond donors (Lipinski definition) is 2. The second-order valence-electron chi connectivity index (χ2n) is 7.64. The van der Waals surface area contributed by atoms with E-state index in [9.17, 15) is 14.0 Å². The maximum absolute atomic E-state index is 13.1. The van der Waals surface area contributed by atoms with E-state index in [1.807, 2.05) is 12.1 Å². The fourth-order valence-corrected chi connectivity index (χ4v) is 4.07. The van der Waals surface area contributed by atoms with Crippen molar-refractivity contribution in [1.29, 1.82) is 0 Å². The minimum atomic E-state index is -1.05. The Morgan fingerprint density at radius 3 is 2.69 bits per heavy atom. The molecule has 0 aliphatic heterocycles. The number of amides is 1. The molecule has 8 nitrogen and oxygen atoms in total. The number of aromatic amines is 1. The van der Waals surface area contributed by atoms with Gasteiger partial charge in [-0.25, -0.2) is 19.2 Å². The van der Waals surface area contributed by atoms with E-state index in [2.05, 4.69) is 25.3 Å². The van der Waals surface area contributed by atoms with Crippen molar-refractivity contribution in [1.82, 2.24) is 19.9 Å². The summed E-state index contributed by atoms with van der Waals surface area (Å²) in [4.78, 5) is 41.3. The maximum atomic E-state index is 13.1. The van der Waals surface area contributed by atoms with Gasteiger partial charge in [-0.3, -0.25) is 15.1 Å². The van der Waals surface area contributed by atoms with Crippen molar-refractivity contribution in [3.63, 3.8) is 0 Å². The molecule has 0 bridgehead atoms. The highest BCUT2D eigenvalue weighted by atomic mass is 32.1. The first-order valence-corrected chi connectivity index (χ1v) is 11.5. The predicted molar refractivity (Wildman–Crippen MR) is 130 cm³/mol. The van der Waals surface area contributed by atoms with Gasteiger partial charge in [0.15, 0.2) is 11.2 Å². The van der Waals surface area contributed by atoms with Crippen molar-refractivity contribution >= 4 is 39.4 Å². The summed E-state index contributed by atoms with van der Waals surface area (Å²) in [6.45, 7) is 1.48. The number of imidazole rings is 1. The molecule has 0 saturated heterocycles. The lowest BCUT2D eigenvalue weighted by atomic mass is 10.2. The van der Waals surface area contributed by atoms with Gasteiger partial charge in [0.2, 0.25) is 0 Å². The molecule has 35 heavy (non-hydrogen) atoms. The van der Waals surface area contributed by atoms with Crippen LogP contribution in [0.15, 0.2) is 72.4 Å². The summed E-state index contributed by atoms with van der Waals surface area (Å²) >= 11 is 1.22. The number of hydrogen-bond acceptors (Lipinski definition) is 7. The van der Waals surface area contributed by atoms with Gasteiger partial charge >= 0.3 is 5.97 Å². The number of aromatic nitrogens is 4. The topological polar surface area (TPSA) is 110 Å². The SMILES string of the molecule is CC(OC(=O)c1ccc2nc(-c3cccnc3)[nH]c2c1)C(=O)Nc1nc(-c2ccc(F)cc2)cs1. The van der Waals surface area contributed by atoms with Crippen LogP contribution in [0, 0.1) is 5.82 Å². The van der Waals surface area contributed by atoms with Gasteiger partial charge in [0.05, 0.1) is 22.3 Å². The summed E-state index contributed by atoms with van der Waals surface area (Å²) in [7, 11) is 0. The number of H-pyrrole nitrogens is 1. The highest BCUT2D eigenvalue weighted by Gasteiger charge is 2.21. The second-order valence-corrected chi connectivity index (χ2v) is 8.50. The van der Waals surface area contributed by atoms with Crippen LogP contribution in [0.3, 0.4) is 0 Å². The minimum absolute atomic E-state index is 0.284. The quantitative estimate of drug-likeness (QED) is 0.324. The van der Waals surface area contributed by atoms with E-state index in [-0.39, 0.29) is 11.4 Å². The minimum Gasteiger partial charge on any atom is -0.449 e. The van der Waals surface area contributed by atoms with Crippen molar-refractivity contribution in [3.05, 3.63) is 83.8 Å². The molecule has 1 amide bonds. The monoisotopic (exact) mass is 487 g/mol. The lowest BCUT2D eigenvalue weighted by molar-refractivity contribution is -0.123. The van der Waals surface area contributed by atoms with Crippen molar-refractivity contribution in [2.75, 3.05) is 5.32 Å². The normalized spacial score (nSPS) is 11.8. The number of carbonyl (C=O) groups excluding carboxylic acids is 2. The van der Waals surface area contributed by atoms with E-state index < -0.39 is 18.0 Å². The molecule has 3 heterocycles. The zero-order valence-corrected chi connectivity index (χ0v) is 19.2. The number of anilines is 1. The Bertz CT molecular complexity index is 1520. The van der Waals surface area contributed by atoms with Crippen LogP contribution in [0.2, 0.25) is 0 Å². The standard InChI is InChI=1S/C25H18FN5O3S/c1-14(23(32)31-25-30-21(13-35-25)15-4-7-18(26)8-5-15)34-24(33)16-6-9-19-20(11-16)29-22(28-19)17-3-2-10-27-12-17/h2-14H,1H3,(H,28,29)(H,30,31,32). The number of rotatable bonds is 6. The molecule has 1 unspecified atom stereocenters. The largest absolute Gasteiger partial charge is 0.449 e. The summed E-state index contributed by atoms with van der Waals surface area (Å²) in [6, 6.07) is 14.5. The number of nitrogens with one attached hydrogen (secondary N) is 2. The Morgan fingerprint density at radius 1 is 1.09 bits per heavy atom. The summed E-state index contributed by atoms with van der Waals surface area (Å²) < 4.78 is 18.5. The highest BCUT2D eigenvalue weighted by Crippen LogP contribution is 2.25. The van der Waals surface area contributed by atoms with Crippen LogP contribution in [0.1, 0.15) is 17.3 Å². The van der Waals surface area contributed by atoms with Crippen molar-refractivity contribution < 1.29 is 18.7 Å². The molecule has 0 spiro atoms. The van der Waals surface area contributed by atoms with Gasteiger partial charge in [-0.15, -0.1) is 11.3 Å². The molecule has 10 heteroatoms. The molecule has 3 aromatic heterocycles. The smallest absolute Gasteiger partial charge is 0.338 e. The maximum Gasteiger partial charge on any atom is 0.338 e. The predicted octanol–water partition coefficient (Wildman–Crippen LogP) is 5.07. The summed E-state index contributed by atoms with van der Waals surface area (Å²) in [5, 5.41) is 4.74. The molecule has 0 radical (unpaired) electrons. The molecule has 0 fully saturated rings. The molecule has 0 saturated carbocycles. The van der Waals surface area contributed by atoms with E-state index in [4.69, 9.17) is 4.74 Å². The van der Waals surface area contributed by atoms with E-state index in [0.29, 0.717) is 27.7 Å².